The SMILES string of the molecule is CCCCCCC(C(C#N)C#N)P(=O)(OCC)OCC. The molecule has 0 N–H and O–H groups in total. The quantitative estimate of drug-likeness (QED) is 0.420. The van der Waals surface area contributed by atoms with Crippen LogP contribution in [0, 0.1) is 28.6 Å². The van der Waals surface area contributed by atoms with E-state index in [0.29, 0.717) is 6.42 Å². The van der Waals surface area contributed by atoms with E-state index in [4.69, 9.17) is 19.6 Å². The van der Waals surface area contributed by atoms with Gasteiger partial charge in [-0.25, -0.2) is 0 Å². The van der Waals surface area contributed by atoms with Gasteiger partial charge in [-0.1, -0.05) is 32.6 Å². The number of hydrogen-bond donors (Lipinski definition) is 0. The van der Waals surface area contributed by atoms with Gasteiger partial charge < -0.3 is 9.05 Å². The van der Waals surface area contributed by atoms with Crippen molar-refractivity contribution in [1.29, 1.82) is 10.5 Å². The summed E-state index contributed by atoms with van der Waals surface area (Å²) in [6, 6.07) is 3.84. The molecule has 0 aromatic rings. The van der Waals surface area contributed by atoms with Crippen LogP contribution in [0.2, 0.25) is 0 Å². The highest BCUT2D eigenvalue weighted by Gasteiger charge is 2.41. The van der Waals surface area contributed by atoms with Crippen molar-refractivity contribution in [2.24, 2.45) is 5.92 Å². The lowest BCUT2D eigenvalue weighted by Crippen LogP contribution is -2.21. The molecule has 0 radical (unpaired) electrons. The van der Waals surface area contributed by atoms with Crippen molar-refractivity contribution in [2.75, 3.05) is 13.2 Å². The van der Waals surface area contributed by atoms with Crippen LogP contribution in [0.1, 0.15) is 52.9 Å². The molecule has 0 fully saturated rings. The van der Waals surface area contributed by atoms with Crippen LogP contribution in [0.25, 0.3) is 0 Å². The summed E-state index contributed by atoms with van der Waals surface area (Å²) in [6.07, 6.45) is 4.52. The van der Waals surface area contributed by atoms with E-state index in [9.17, 15) is 4.57 Å². The Morgan fingerprint density at radius 1 is 1.00 bits per heavy atom. The average molecular weight is 300 g/mol. The van der Waals surface area contributed by atoms with E-state index in [2.05, 4.69) is 6.92 Å². The maximum Gasteiger partial charge on any atom is 0.336 e. The molecule has 0 bridgehead atoms. The molecular formula is C14H25N2O3P. The second-order valence-electron chi connectivity index (χ2n) is 4.53. The maximum absolute atomic E-state index is 12.8. The Morgan fingerprint density at radius 3 is 1.95 bits per heavy atom. The number of unbranched alkanes of at least 4 members (excludes halogenated alkanes) is 3. The van der Waals surface area contributed by atoms with Crippen molar-refractivity contribution in [3.8, 4) is 12.1 Å². The fourth-order valence-electron chi connectivity index (χ4n) is 2.08. The molecule has 1 unspecified atom stereocenters. The largest absolute Gasteiger partial charge is 0.336 e. The third-order valence-corrected chi connectivity index (χ3v) is 5.65. The van der Waals surface area contributed by atoms with Crippen LogP contribution >= 0.6 is 7.60 Å². The van der Waals surface area contributed by atoms with Crippen LogP contribution in [0.15, 0.2) is 0 Å². The number of hydrogen-bond acceptors (Lipinski definition) is 5. The van der Waals surface area contributed by atoms with Gasteiger partial charge in [0, 0.05) is 0 Å². The molecular weight excluding hydrogens is 275 g/mol. The van der Waals surface area contributed by atoms with Crippen molar-refractivity contribution in [3.63, 3.8) is 0 Å². The number of nitrogens with zero attached hydrogens (tertiary/aromatic N) is 2. The molecule has 0 amide bonds. The molecule has 0 heterocycles. The van der Waals surface area contributed by atoms with Crippen molar-refractivity contribution in [3.05, 3.63) is 0 Å². The van der Waals surface area contributed by atoms with Gasteiger partial charge in [-0.15, -0.1) is 0 Å². The normalized spacial score (nSPS) is 12.9. The predicted molar refractivity (Wildman–Crippen MR) is 78.1 cm³/mol. The molecule has 0 spiro atoms. The molecule has 0 saturated carbocycles. The van der Waals surface area contributed by atoms with Crippen LogP contribution in [-0.2, 0) is 13.6 Å². The minimum atomic E-state index is -3.41. The lowest BCUT2D eigenvalue weighted by atomic mass is 10.0. The molecule has 0 saturated heterocycles. The highest BCUT2D eigenvalue weighted by Crippen LogP contribution is 2.57. The first-order valence-electron chi connectivity index (χ1n) is 7.27. The van der Waals surface area contributed by atoms with Crippen molar-refractivity contribution < 1.29 is 13.6 Å². The van der Waals surface area contributed by atoms with E-state index in [1.165, 1.54) is 0 Å². The lowest BCUT2D eigenvalue weighted by molar-refractivity contribution is 0.207. The standard InChI is InChI=1S/C14H25N2O3P/c1-4-7-8-9-10-14(13(11-15)12-16)20(17,18-5-2)19-6-3/h13-14H,4-10H2,1-3H3. The van der Waals surface area contributed by atoms with E-state index in [1.807, 2.05) is 12.1 Å². The van der Waals surface area contributed by atoms with Crippen LogP contribution in [-0.4, -0.2) is 18.9 Å². The molecule has 0 aliphatic heterocycles. The molecule has 0 aliphatic carbocycles. The lowest BCUT2D eigenvalue weighted by Gasteiger charge is -2.26. The summed E-state index contributed by atoms with van der Waals surface area (Å²) in [5.41, 5.74) is -0.658. The highest BCUT2D eigenvalue weighted by molar-refractivity contribution is 7.54. The zero-order valence-corrected chi connectivity index (χ0v) is 13.6. The molecule has 20 heavy (non-hydrogen) atoms. The Morgan fingerprint density at radius 2 is 1.55 bits per heavy atom. The van der Waals surface area contributed by atoms with Gasteiger partial charge in [-0.05, 0) is 20.3 Å². The molecule has 0 aromatic heterocycles. The van der Waals surface area contributed by atoms with Gasteiger partial charge in [0.15, 0.2) is 0 Å². The first-order valence-corrected chi connectivity index (χ1v) is 8.88. The minimum Gasteiger partial charge on any atom is -0.309 e. The van der Waals surface area contributed by atoms with Gasteiger partial charge in [-0.3, -0.25) is 4.57 Å². The Hall–Kier alpha value is -0.870. The van der Waals surface area contributed by atoms with Crippen LogP contribution in [0.4, 0.5) is 0 Å². The predicted octanol–water partition coefficient (Wildman–Crippen LogP) is 4.25. The molecule has 1 atom stereocenters. The summed E-state index contributed by atoms with van der Waals surface area (Å²) in [4.78, 5) is 0. The number of rotatable bonds is 11. The van der Waals surface area contributed by atoms with E-state index in [0.717, 1.165) is 25.7 Å². The third-order valence-electron chi connectivity index (χ3n) is 3.04. The zero-order chi connectivity index (χ0) is 15.4. The first kappa shape index (κ1) is 19.1. The minimum absolute atomic E-state index is 0.242. The summed E-state index contributed by atoms with van der Waals surface area (Å²) >= 11 is 0. The fourth-order valence-corrected chi connectivity index (χ4v) is 4.25. The maximum atomic E-state index is 12.8. The Labute approximate surface area is 122 Å². The summed E-state index contributed by atoms with van der Waals surface area (Å²) in [5, 5.41) is 18.2. The fraction of sp³-hybridized carbons (Fsp3) is 0.857. The van der Waals surface area contributed by atoms with E-state index < -0.39 is 19.2 Å². The molecule has 6 heteroatoms. The van der Waals surface area contributed by atoms with E-state index in [1.54, 1.807) is 13.8 Å². The van der Waals surface area contributed by atoms with Crippen molar-refractivity contribution >= 4 is 7.60 Å². The smallest absolute Gasteiger partial charge is 0.309 e. The van der Waals surface area contributed by atoms with Crippen LogP contribution < -0.4 is 0 Å². The van der Waals surface area contributed by atoms with Gasteiger partial charge in [0.2, 0.25) is 0 Å². The van der Waals surface area contributed by atoms with E-state index >= 15 is 0 Å². The second kappa shape index (κ2) is 10.9. The molecule has 5 nitrogen and oxygen atoms in total. The second-order valence-corrected chi connectivity index (χ2v) is 6.79. The van der Waals surface area contributed by atoms with Gasteiger partial charge in [0.05, 0.1) is 31.0 Å². The highest BCUT2D eigenvalue weighted by atomic mass is 31.2. The van der Waals surface area contributed by atoms with Gasteiger partial charge in [0.25, 0.3) is 0 Å². The topological polar surface area (TPSA) is 83.1 Å². The number of nitriles is 2. The summed E-state index contributed by atoms with van der Waals surface area (Å²) in [5.74, 6) is -0.958. The van der Waals surface area contributed by atoms with Gasteiger partial charge >= 0.3 is 7.60 Å². The third kappa shape index (κ3) is 6.06. The van der Waals surface area contributed by atoms with Crippen LogP contribution in [0.5, 0.6) is 0 Å². The Kier molecular flexibility index (Phi) is 10.4. The average Bonchev–Trinajstić information content (AvgIpc) is 2.43. The molecule has 0 aromatic carbocycles. The molecule has 0 rings (SSSR count). The summed E-state index contributed by atoms with van der Waals surface area (Å²) in [6.45, 7) is 6.05. The Balaban J connectivity index is 5.02. The summed E-state index contributed by atoms with van der Waals surface area (Å²) in [7, 11) is -3.41. The van der Waals surface area contributed by atoms with Crippen LogP contribution in [0.3, 0.4) is 0 Å². The van der Waals surface area contributed by atoms with Crippen molar-refractivity contribution in [1.82, 2.24) is 0 Å². The molecule has 114 valence electrons. The van der Waals surface area contributed by atoms with Gasteiger partial charge in [-0.2, -0.15) is 10.5 Å². The Bertz CT molecular complexity index is 363. The first-order chi connectivity index (χ1) is 9.59. The monoisotopic (exact) mass is 300 g/mol. The van der Waals surface area contributed by atoms with Gasteiger partial charge in [0.1, 0.15) is 5.92 Å². The molecule has 0 aliphatic rings. The van der Waals surface area contributed by atoms with Crippen molar-refractivity contribution in [2.45, 2.75) is 58.5 Å². The van der Waals surface area contributed by atoms with E-state index in [-0.39, 0.29) is 13.2 Å². The zero-order valence-electron chi connectivity index (χ0n) is 12.7. The summed E-state index contributed by atoms with van der Waals surface area (Å²) < 4.78 is 23.4.